The number of rotatable bonds is 6. The van der Waals surface area contributed by atoms with Crippen LogP contribution in [0.4, 0.5) is 0 Å². The summed E-state index contributed by atoms with van der Waals surface area (Å²) in [5, 5.41) is 9.61. The summed E-state index contributed by atoms with van der Waals surface area (Å²) in [7, 11) is 0. The summed E-state index contributed by atoms with van der Waals surface area (Å²) < 4.78 is 0. The molecule has 2 unspecified atom stereocenters. The lowest BCUT2D eigenvalue weighted by Crippen LogP contribution is -2.20. The summed E-state index contributed by atoms with van der Waals surface area (Å²) in [5.74, 6) is 3.24. The van der Waals surface area contributed by atoms with Crippen LogP contribution in [0.15, 0.2) is 0 Å². The Morgan fingerprint density at radius 3 is 2.17 bits per heavy atom. The molecular weight excluding hydrogens is 168 g/mol. The highest BCUT2D eigenvalue weighted by molar-refractivity contribution is 7.99. The van der Waals surface area contributed by atoms with E-state index in [0.29, 0.717) is 5.92 Å². The maximum atomic E-state index is 9.61. The maximum Gasteiger partial charge on any atom is 0.0655 e. The quantitative estimate of drug-likeness (QED) is 0.695. The van der Waals surface area contributed by atoms with Crippen LogP contribution >= 0.6 is 11.8 Å². The van der Waals surface area contributed by atoms with E-state index in [0.717, 1.165) is 23.8 Å². The van der Waals surface area contributed by atoms with Crippen molar-refractivity contribution in [3.63, 3.8) is 0 Å². The predicted octanol–water partition coefficient (Wildman–Crippen LogP) is 2.78. The molecule has 0 aliphatic carbocycles. The maximum absolute atomic E-state index is 9.61. The van der Waals surface area contributed by atoms with Crippen LogP contribution in [0.1, 0.15) is 34.1 Å². The number of aliphatic hydroxyl groups excluding tert-OH is 1. The molecule has 0 aromatic heterocycles. The van der Waals surface area contributed by atoms with Crippen LogP contribution in [0.3, 0.4) is 0 Å². The molecule has 2 atom stereocenters. The van der Waals surface area contributed by atoms with Gasteiger partial charge in [0.1, 0.15) is 0 Å². The first-order valence-electron chi connectivity index (χ1n) is 4.83. The van der Waals surface area contributed by atoms with Crippen molar-refractivity contribution in [2.24, 2.45) is 11.8 Å². The van der Waals surface area contributed by atoms with Crippen LogP contribution in [0.2, 0.25) is 0 Å². The van der Waals surface area contributed by atoms with E-state index in [1.165, 1.54) is 0 Å². The molecule has 0 heterocycles. The van der Waals surface area contributed by atoms with Crippen LogP contribution in [-0.2, 0) is 0 Å². The molecule has 2 heteroatoms. The largest absolute Gasteiger partial charge is 0.392 e. The zero-order chi connectivity index (χ0) is 9.56. The Bertz CT molecular complexity index is 104. The molecular formula is C10H22OS. The van der Waals surface area contributed by atoms with Gasteiger partial charge in [-0.25, -0.2) is 0 Å². The van der Waals surface area contributed by atoms with E-state index in [-0.39, 0.29) is 6.10 Å². The fourth-order valence-corrected chi connectivity index (χ4v) is 2.04. The lowest BCUT2D eigenvalue weighted by Gasteiger charge is -2.16. The predicted molar refractivity (Wildman–Crippen MR) is 57.6 cm³/mol. The zero-order valence-electron chi connectivity index (χ0n) is 8.71. The molecule has 0 fully saturated rings. The molecule has 1 nitrogen and oxygen atoms in total. The van der Waals surface area contributed by atoms with Gasteiger partial charge in [-0.3, -0.25) is 0 Å². The van der Waals surface area contributed by atoms with Crippen LogP contribution in [-0.4, -0.2) is 22.7 Å². The first-order valence-corrected chi connectivity index (χ1v) is 5.99. The number of thioether (sulfide) groups is 1. The van der Waals surface area contributed by atoms with Crippen molar-refractivity contribution in [2.45, 2.75) is 40.2 Å². The minimum absolute atomic E-state index is 0.112. The highest BCUT2D eigenvalue weighted by Gasteiger charge is 2.11. The summed E-state index contributed by atoms with van der Waals surface area (Å²) in [6.07, 6.45) is 0.961. The van der Waals surface area contributed by atoms with Gasteiger partial charge in [0.25, 0.3) is 0 Å². The SMILES string of the molecule is CCC(C)C(O)CSCC(C)C. The molecule has 0 saturated carbocycles. The summed E-state index contributed by atoms with van der Waals surface area (Å²) in [4.78, 5) is 0. The van der Waals surface area contributed by atoms with Crippen LogP contribution in [0.5, 0.6) is 0 Å². The summed E-state index contributed by atoms with van der Waals surface area (Å²) in [5.41, 5.74) is 0. The summed E-state index contributed by atoms with van der Waals surface area (Å²) in [6, 6.07) is 0. The second kappa shape index (κ2) is 6.79. The Morgan fingerprint density at radius 2 is 1.75 bits per heavy atom. The van der Waals surface area contributed by atoms with Gasteiger partial charge in [-0.15, -0.1) is 0 Å². The van der Waals surface area contributed by atoms with E-state index >= 15 is 0 Å². The minimum atomic E-state index is -0.112. The highest BCUT2D eigenvalue weighted by atomic mass is 32.2. The third kappa shape index (κ3) is 5.90. The fraction of sp³-hybridized carbons (Fsp3) is 1.00. The molecule has 0 amide bonds. The van der Waals surface area contributed by atoms with Crippen LogP contribution in [0, 0.1) is 11.8 Å². The first-order chi connectivity index (χ1) is 5.57. The molecule has 0 aliphatic rings. The van der Waals surface area contributed by atoms with Crippen LogP contribution < -0.4 is 0 Å². The third-order valence-corrected chi connectivity index (χ3v) is 3.52. The smallest absolute Gasteiger partial charge is 0.0655 e. The second-order valence-electron chi connectivity index (χ2n) is 3.88. The van der Waals surface area contributed by atoms with Gasteiger partial charge < -0.3 is 5.11 Å². The molecule has 0 saturated heterocycles. The Morgan fingerprint density at radius 1 is 1.17 bits per heavy atom. The molecule has 74 valence electrons. The van der Waals surface area contributed by atoms with Crippen molar-refractivity contribution in [2.75, 3.05) is 11.5 Å². The summed E-state index contributed by atoms with van der Waals surface area (Å²) in [6.45, 7) is 8.66. The van der Waals surface area contributed by atoms with E-state index in [1.54, 1.807) is 0 Å². The van der Waals surface area contributed by atoms with Gasteiger partial charge in [-0.1, -0.05) is 34.1 Å². The normalized spacial score (nSPS) is 16.5. The van der Waals surface area contributed by atoms with E-state index in [9.17, 15) is 5.11 Å². The molecule has 0 rings (SSSR count). The Labute approximate surface area is 80.9 Å². The van der Waals surface area contributed by atoms with Crippen molar-refractivity contribution in [3.05, 3.63) is 0 Å². The molecule has 0 aliphatic heterocycles. The van der Waals surface area contributed by atoms with E-state index in [2.05, 4.69) is 27.7 Å². The third-order valence-electron chi connectivity index (χ3n) is 2.04. The fourth-order valence-electron chi connectivity index (χ4n) is 0.861. The Kier molecular flexibility index (Phi) is 6.96. The molecule has 0 bridgehead atoms. The topological polar surface area (TPSA) is 20.2 Å². The molecule has 0 spiro atoms. The minimum Gasteiger partial charge on any atom is -0.392 e. The number of hydrogen-bond acceptors (Lipinski definition) is 2. The van der Waals surface area contributed by atoms with E-state index in [1.807, 2.05) is 11.8 Å². The Hall–Kier alpha value is 0.310. The van der Waals surface area contributed by atoms with Gasteiger partial charge in [0.15, 0.2) is 0 Å². The van der Waals surface area contributed by atoms with Gasteiger partial charge in [0, 0.05) is 5.75 Å². The second-order valence-corrected chi connectivity index (χ2v) is 4.96. The molecule has 1 N–H and O–H groups in total. The Balaban J connectivity index is 3.37. The number of hydrogen-bond donors (Lipinski definition) is 1. The standard InChI is InChI=1S/C10H22OS/c1-5-9(4)10(11)7-12-6-8(2)3/h8-11H,5-7H2,1-4H3. The molecule has 0 aromatic carbocycles. The van der Waals surface area contributed by atoms with Gasteiger partial charge in [0.05, 0.1) is 6.10 Å². The van der Waals surface area contributed by atoms with Crippen molar-refractivity contribution >= 4 is 11.8 Å². The lowest BCUT2D eigenvalue weighted by molar-refractivity contribution is 0.137. The molecule has 12 heavy (non-hydrogen) atoms. The average molecular weight is 190 g/mol. The van der Waals surface area contributed by atoms with Crippen molar-refractivity contribution in [3.8, 4) is 0 Å². The monoisotopic (exact) mass is 190 g/mol. The highest BCUT2D eigenvalue weighted by Crippen LogP contribution is 2.15. The van der Waals surface area contributed by atoms with Crippen molar-refractivity contribution in [1.82, 2.24) is 0 Å². The van der Waals surface area contributed by atoms with Gasteiger partial charge in [-0.2, -0.15) is 11.8 Å². The van der Waals surface area contributed by atoms with Crippen LogP contribution in [0.25, 0.3) is 0 Å². The van der Waals surface area contributed by atoms with Crippen molar-refractivity contribution in [1.29, 1.82) is 0 Å². The van der Waals surface area contributed by atoms with E-state index in [4.69, 9.17) is 0 Å². The number of aliphatic hydroxyl groups is 1. The summed E-state index contributed by atoms with van der Waals surface area (Å²) >= 11 is 1.86. The zero-order valence-corrected chi connectivity index (χ0v) is 9.53. The molecule has 0 aromatic rings. The van der Waals surface area contributed by atoms with Crippen molar-refractivity contribution < 1.29 is 5.11 Å². The van der Waals surface area contributed by atoms with Gasteiger partial charge in [-0.05, 0) is 17.6 Å². The van der Waals surface area contributed by atoms with Gasteiger partial charge >= 0.3 is 0 Å². The lowest BCUT2D eigenvalue weighted by atomic mass is 10.0. The first kappa shape index (κ1) is 12.3. The molecule has 0 radical (unpaired) electrons. The van der Waals surface area contributed by atoms with Gasteiger partial charge in [0.2, 0.25) is 0 Å². The average Bonchev–Trinajstić information content (AvgIpc) is 2.02. The van der Waals surface area contributed by atoms with E-state index < -0.39 is 0 Å².